The topological polar surface area (TPSA) is 29.3 Å². The van der Waals surface area contributed by atoms with E-state index >= 15 is 0 Å². The first kappa shape index (κ1) is 10.8. The average molecular weight is 229 g/mol. The van der Waals surface area contributed by atoms with E-state index < -0.39 is 0 Å². The third kappa shape index (κ3) is 1.75. The molecule has 3 nitrogen and oxygen atoms in total. The van der Waals surface area contributed by atoms with Crippen molar-refractivity contribution in [3.05, 3.63) is 35.4 Å². The van der Waals surface area contributed by atoms with Crippen LogP contribution < -0.4 is 5.32 Å². The number of pyridine rings is 1. The molecular formula is C14H19N3. The van der Waals surface area contributed by atoms with Crippen LogP contribution in [0.4, 0.5) is 0 Å². The molecule has 0 spiro atoms. The number of nitrogens with zero attached hydrogens (tertiary/aromatic N) is 2. The highest BCUT2D eigenvalue weighted by Crippen LogP contribution is 2.25. The summed E-state index contributed by atoms with van der Waals surface area (Å²) in [7, 11) is 0. The van der Waals surface area contributed by atoms with Crippen molar-refractivity contribution in [2.45, 2.75) is 32.6 Å². The molecule has 3 heterocycles. The highest BCUT2D eigenvalue weighted by Gasteiger charge is 2.17. The Morgan fingerprint density at radius 1 is 1.53 bits per heavy atom. The molecule has 0 bridgehead atoms. The fraction of sp³-hybridized carbons (Fsp3) is 0.500. The van der Waals surface area contributed by atoms with Crippen molar-refractivity contribution in [2.24, 2.45) is 0 Å². The number of nitrogens with one attached hydrogen (secondary N) is 1. The van der Waals surface area contributed by atoms with Crippen molar-refractivity contribution >= 4 is 5.52 Å². The first-order valence-corrected chi connectivity index (χ1v) is 6.47. The number of hydrogen-bond acceptors (Lipinski definition) is 2. The molecule has 1 N–H and O–H groups in total. The van der Waals surface area contributed by atoms with Crippen molar-refractivity contribution in [3.63, 3.8) is 0 Å². The zero-order chi connectivity index (χ0) is 11.8. The molecule has 3 heteroatoms. The summed E-state index contributed by atoms with van der Waals surface area (Å²) in [5.41, 5.74) is 3.87. The second kappa shape index (κ2) is 4.15. The van der Waals surface area contributed by atoms with Gasteiger partial charge in [-0.25, -0.2) is 4.98 Å². The number of aromatic nitrogens is 2. The highest BCUT2D eigenvalue weighted by molar-refractivity contribution is 5.55. The monoisotopic (exact) mass is 229 g/mol. The molecule has 1 atom stereocenters. The Hall–Kier alpha value is -1.35. The first-order valence-electron chi connectivity index (χ1n) is 6.47. The van der Waals surface area contributed by atoms with Gasteiger partial charge >= 0.3 is 0 Å². The summed E-state index contributed by atoms with van der Waals surface area (Å²) in [4.78, 5) is 4.62. The summed E-state index contributed by atoms with van der Waals surface area (Å²) in [6.45, 7) is 6.52. The quantitative estimate of drug-likeness (QED) is 0.856. The number of aryl methyl sites for hydroxylation is 2. The van der Waals surface area contributed by atoms with Gasteiger partial charge in [-0.2, -0.15) is 0 Å². The largest absolute Gasteiger partial charge is 0.316 e. The molecule has 1 unspecified atom stereocenters. The summed E-state index contributed by atoms with van der Waals surface area (Å²) in [5, 5.41) is 3.43. The van der Waals surface area contributed by atoms with E-state index in [0.717, 1.165) is 31.0 Å². The number of hydrogen-bond donors (Lipinski definition) is 1. The smallest absolute Gasteiger partial charge is 0.113 e. The van der Waals surface area contributed by atoms with Gasteiger partial charge in [0.25, 0.3) is 0 Å². The SMILES string of the molecule is CCc1nc(C)c2cc(C3CCNC3)ccn12. The van der Waals surface area contributed by atoms with Gasteiger partial charge in [0.15, 0.2) is 0 Å². The lowest BCUT2D eigenvalue weighted by Gasteiger charge is -2.09. The Morgan fingerprint density at radius 3 is 3.12 bits per heavy atom. The van der Waals surface area contributed by atoms with Crippen LogP contribution in [-0.2, 0) is 6.42 Å². The van der Waals surface area contributed by atoms with Crippen LogP contribution in [0.3, 0.4) is 0 Å². The third-order valence-corrected chi connectivity index (χ3v) is 3.77. The second-order valence-corrected chi connectivity index (χ2v) is 4.87. The van der Waals surface area contributed by atoms with Crippen LogP contribution in [0.25, 0.3) is 5.52 Å². The molecule has 1 aliphatic heterocycles. The Labute approximate surface area is 102 Å². The average Bonchev–Trinajstić information content (AvgIpc) is 2.97. The lowest BCUT2D eigenvalue weighted by Crippen LogP contribution is -2.08. The Balaban J connectivity index is 2.09. The molecule has 90 valence electrons. The zero-order valence-corrected chi connectivity index (χ0v) is 10.5. The summed E-state index contributed by atoms with van der Waals surface area (Å²) in [5.74, 6) is 1.84. The minimum Gasteiger partial charge on any atom is -0.316 e. The molecule has 3 rings (SSSR count). The lowest BCUT2D eigenvalue weighted by atomic mass is 9.99. The Morgan fingerprint density at radius 2 is 2.41 bits per heavy atom. The number of imidazole rings is 1. The highest BCUT2D eigenvalue weighted by atomic mass is 15.0. The summed E-state index contributed by atoms with van der Waals surface area (Å²) in [6, 6.07) is 4.57. The number of fused-ring (bicyclic) bond motifs is 1. The number of rotatable bonds is 2. The normalized spacial score (nSPS) is 20.2. The molecular weight excluding hydrogens is 210 g/mol. The lowest BCUT2D eigenvalue weighted by molar-refractivity contribution is 0.761. The van der Waals surface area contributed by atoms with Gasteiger partial charge in [-0.15, -0.1) is 0 Å². The molecule has 17 heavy (non-hydrogen) atoms. The van der Waals surface area contributed by atoms with Crippen LogP contribution in [0.1, 0.15) is 36.3 Å². The van der Waals surface area contributed by atoms with Crippen LogP contribution >= 0.6 is 0 Å². The molecule has 2 aromatic rings. The van der Waals surface area contributed by atoms with Gasteiger partial charge in [-0.05, 0) is 43.5 Å². The molecule has 0 amide bonds. The van der Waals surface area contributed by atoms with E-state index in [1.165, 1.54) is 17.5 Å². The van der Waals surface area contributed by atoms with E-state index in [0.29, 0.717) is 5.92 Å². The van der Waals surface area contributed by atoms with Crippen molar-refractivity contribution in [2.75, 3.05) is 13.1 Å². The Bertz CT molecular complexity index is 536. The predicted octanol–water partition coefficient (Wildman–Crippen LogP) is 2.28. The summed E-state index contributed by atoms with van der Waals surface area (Å²) >= 11 is 0. The van der Waals surface area contributed by atoms with Gasteiger partial charge in [-0.1, -0.05) is 6.92 Å². The molecule has 1 aliphatic rings. The van der Waals surface area contributed by atoms with E-state index in [4.69, 9.17) is 0 Å². The maximum absolute atomic E-state index is 4.62. The predicted molar refractivity (Wildman–Crippen MR) is 69.5 cm³/mol. The van der Waals surface area contributed by atoms with Crippen molar-refractivity contribution in [1.82, 2.24) is 14.7 Å². The van der Waals surface area contributed by atoms with E-state index in [2.05, 4.69) is 46.9 Å². The molecule has 2 aromatic heterocycles. The molecule has 0 aliphatic carbocycles. The van der Waals surface area contributed by atoms with Gasteiger partial charge in [0.05, 0.1) is 11.2 Å². The van der Waals surface area contributed by atoms with Crippen LogP contribution in [0, 0.1) is 6.92 Å². The van der Waals surface area contributed by atoms with Gasteiger partial charge in [0.2, 0.25) is 0 Å². The zero-order valence-electron chi connectivity index (χ0n) is 10.5. The van der Waals surface area contributed by atoms with Crippen molar-refractivity contribution in [3.8, 4) is 0 Å². The van der Waals surface area contributed by atoms with Crippen LogP contribution in [-0.4, -0.2) is 22.5 Å². The molecule has 1 saturated heterocycles. The minimum atomic E-state index is 0.680. The van der Waals surface area contributed by atoms with Gasteiger partial charge < -0.3 is 9.72 Å². The summed E-state index contributed by atoms with van der Waals surface area (Å²) < 4.78 is 2.22. The first-order chi connectivity index (χ1) is 8.29. The van der Waals surface area contributed by atoms with E-state index in [-0.39, 0.29) is 0 Å². The molecule has 1 fully saturated rings. The van der Waals surface area contributed by atoms with Crippen LogP contribution in [0.15, 0.2) is 18.3 Å². The van der Waals surface area contributed by atoms with Gasteiger partial charge in [0.1, 0.15) is 5.82 Å². The molecule has 0 saturated carbocycles. The molecule has 0 aromatic carbocycles. The maximum atomic E-state index is 4.62. The Kier molecular flexibility index (Phi) is 2.63. The minimum absolute atomic E-state index is 0.680. The van der Waals surface area contributed by atoms with Gasteiger partial charge in [0, 0.05) is 19.2 Å². The summed E-state index contributed by atoms with van der Waals surface area (Å²) in [6.07, 6.45) is 4.42. The maximum Gasteiger partial charge on any atom is 0.113 e. The van der Waals surface area contributed by atoms with Crippen LogP contribution in [0.5, 0.6) is 0 Å². The second-order valence-electron chi connectivity index (χ2n) is 4.87. The fourth-order valence-corrected chi connectivity index (χ4v) is 2.77. The van der Waals surface area contributed by atoms with Crippen LogP contribution in [0.2, 0.25) is 0 Å². The van der Waals surface area contributed by atoms with E-state index in [1.807, 2.05) is 0 Å². The third-order valence-electron chi connectivity index (χ3n) is 3.77. The molecule has 0 radical (unpaired) electrons. The van der Waals surface area contributed by atoms with Gasteiger partial charge in [-0.3, -0.25) is 0 Å². The van der Waals surface area contributed by atoms with Crippen molar-refractivity contribution in [1.29, 1.82) is 0 Å². The standard InChI is InChI=1S/C14H19N3/c1-3-14-16-10(2)13-8-11(5-7-17(13)14)12-4-6-15-9-12/h5,7-8,12,15H,3-4,6,9H2,1-2H3. The van der Waals surface area contributed by atoms with E-state index in [1.54, 1.807) is 0 Å². The van der Waals surface area contributed by atoms with E-state index in [9.17, 15) is 0 Å². The fourth-order valence-electron chi connectivity index (χ4n) is 2.77. The van der Waals surface area contributed by atoms with Crippen molar-refractivity contribution < 1.29 is 0 Å².